The number of para-hydroxylation sites is 1. The molecule has 1 unspecified atom stereocenters. The molecule has 3 heteroatoms. The number of anilines is 1. The summed E-state index contributed by atoms with van der Waals surface area (Å²) in [5, 5.41) is 1.27. The van der Waals surface area contributed by atoms with E-state index in [-0.39, 0.29) is 0 Å². The van der Waals surface area contributed by atoms with Crippen LogP contribution in [-0.4, -0.2) is 25.1 Å². The average molecular weight is 217 g/mol. The largest absolute Gasteiger partial charge is 0.373 e. The van der Waals surface area contributed by atoms with Crippen molar-refractivity contribution in [3.05, 3.63) is 30.5 Å². The van der Waals surface area contributed by atoms with Gasteiger partial charge in [-0.3, -0.25) is 0 Å². The van der Waals surface area contributed by atoms with Gasteiger partial charge in [0.15, 0.2) is 0 Å². The molecule has 0 radical (unpaired) electrons. The highest BCUT2D eigenvalue weighted by Crippen LogP contribution is 2.25. The second-order valence-electron chi connectivity index (χ2n) is 4.44. The zero-order chi connectivity index (χ0) is 11.5. The predicted molar refractivity (Wildman–Crippen MR) is 69.8 cm³/mol. The number of nitrogens with one attached hydrogen (secondary N) is 1. The van der Waals surface area contributed by atoms with E-state index >= 15 is 0 Å². The molecule has 0 fully saturated rings. The molecule has 0 saturated carbocycles. The summed E-state index contributed by atoms with van der Waals surface area (Å²) < 4.78 is 0. The first kappa shape index (κ1) is 11.0. The minimum Gasteiger partial charge on any atom is -0.373 e. The third-order valence-electron chi connectivity index (χ3n) is 2.97. The number of H-pyrrole nitrogens is 1. The summed E-state index contributed by atoms with van der Waals surface area (Å²) in [5.74, 6) is 0.513. The van der Waals surface area contributed by atoms with Gasteiger partial charge in [-0.25, -0.2) is 0 Å². The van der Waals surface area contributed by atoms with Crippen molar-refractivity contribution in [3.63, 3.8) is 0 Å². The molecular formula is C13H19N3. The zero-order valence-corrected chi connectivity index (χ0v) is 9.90. The Morgan fingerprint density at radius 3 is 2.88 bits per heavy atom. The lowest BCUT2D eigenvalue weighted by Crippen LogP contribution is -2.27. The SMILES string of the molecule is CC(CN)CN(C)c1c[nH]c2ccccc12. The molecule has 1 aromatic carbocycles. The minimum absolute atomic E-state index is 0.513. The van der Waals surface area contributed by atoms with Crippen LogP contribution in [0.5, 0.6) is 0 Å². The van der Waals surface area contributed by atoms with E-state index in [1.807, 2.05) is 6.07 Å². The van der Waals surface area contributed by atoms with Crippen LogP contribution in [0.2, 0.25) is 0 Å². The normalized spacial score (nSPS) is 12.9. The van der Waals surface area contributed by atoms with Crippen LogP contribution in [0.4, 0.5) is 5.69 Å². The van der Waals surface area contributed by atoms with Gasteiger partial charge in [0.1, 0.15) is 0 Å². The maximum absolute atomic E-state index is 5.65. The summed E-state index contributed by atoms with van der Waals surface area (Å²) in [5.41, 5.74) is 8.08. The van der Waals surface area contributed by atoms with E-state index in [1.165, 1.54) is 16.6 Å². The third-order valence-corrected chi connectivity index (χ3v) is 2.97. The molecule has 2 rings (SSSR count). The van der Waals surface area contributed by atoms with Gasteiger partial charge in [0.05, 0.1) is 5.69 Å². The van der Waals surface area contributed by atoms with Crippen molar-refractivity contribution < 1.29 is 0 Å². The number of hydrogen-bond donors (Lipinski definition) is 2. The molecule has 0 aliphatic heterocycles. The molecule has 0 aliphatic rings. The molecule has 1 heterocycles. The predicted octanol–water partition coefficient (Wildman–Crippen LogP) is 2.20. The first-order valence-electron chi connectivity index (χ1n) is 5.69. The van der Waals surface area contributed by atoms with Crippen LogP contribution in [0.25, 0.3) is 10.9 Å². The lowest BCUT2D eigenvalue weighted by atomic mass is 10.1. The van der Waals surface area contributed by atoms with E-state index in [0.29, 0.717) is 5.92 Å². The standard InChI is InChI=1S/C13H19N3/c1-10(7-14)9-16(2)13-8-15-12-6-4-3-5-11(12)13/h3-6,8,10,15H,7,9,14H2,1-2H3. The number of benzene rings is 1. The highest BCUT2D eigenvalue weighted by atomic mass is 15.1. The van der Waals surface area contributed by atoms with E-state index in [2.05, 4.69) is 48.3 Å². The molecule has 2 aromatic rings. The number of nitrogens with two attached hydrogens (primary N) is 1. The third kappa shape index (κ3) is 2.04. The smallest absolute Gasteiger partial charge is 0.0621 e. The average Bonchev–Trinajstić information content (AvgIpc) is 2.72. The van der Waals surface area contributed by atoms with Crippen molar-refractivity contribution in [2.75, 3.05) is 25.0 Å². The van der Waals surface area contributed by atoms with Crippen LogP contribution in [-0.2, 0) is 0 Å². The Balaban J connectivity index is 2.26. The van der Waals surface area contributed by atoms with Gasteiger partial charge in [0.25, 0.3) is 0 Å². The van der Waals surface area contributed by atoms with E-state index < -0.39 is 0 Å². The second-order valence-corrected chi connectivity index (χ2v) is 4.44. The number of rotatable bonds is 4. The summed E-state index contributed by atoms with van der Waals surface area (Å²) in [6, 6.07) is 8.36. The van der Waals surface area contributed by atoms with Crippen LogP contribution in [0.1, 0.15) is 6.92 Å². The van der Waals surface area contributed by atoms with Gasteiger partial charge in [0.2, 0.25) is 0 Å². The van der Waals surface area contributed by atoms with E-state index in [9.17, 15) is 0 Å². The second kappa shape index (κ2) is 4.58. The summed E-state index contributed by atoms with van der Waals surface area (Å²) in [6.07, 6.45) is 2.06. The molecule has 0 amide bonds. The van der Waals surface area contributed by atoms with E-state index in [0.717, 1.165) is 13.1 Å². The fourth-order valence-corrected chi connectivity index (χ4v) is 2.01. The summed E-state index contributed by atoms with van der Waals surface area (Å²) in [6.45, 7) is 3.89. The number of nitrogens with zero attached hydrogens (tertiary/aromatic N) is 1. The quantitative estimate of drug-likeness (QED) is 0.824. The summed E-state index contributed by atoms with van der Waals surface area (Å²) >= 11 is 0. The van der Waals surface area contributed by atoms with Gasteiger partial charge in [-0.05, 0) is 18.5 Å². The Labute approximate surface area is 96.2 Å². The van der Waals surface area contributed by atoms with Crippen LogP contribution < -0.4 is 10.6 Å². The number of hydrogen-bond acceptors (Lipinski definition) is 2. The lowest BCUT2D eigenvalue weighted by molar-refractivity contribution is 0.591. The van der Waals surface area contributed by atoms with Crippen molar-refractivity contribution in [3.8, 4) is 0 Å². The van der Waals surface area contributed by atoms with Crippen molar-refractivity contribution in [2.24, 2.45) is 11.7 Å². The molecule has 0 spiro atoms. The van der Waals surface area contributed by atoms with Crippen LogP contribution in [0, 0.1) is 5.92 Å². The Kier molecular flexibility index (Phi) is 3.15. The minimum atomic E-state index is 0.513. The van der Waals surface area contributed by atoms with E-state index in [1.54, 1.807) is 0 Å². The molecule has 16 heavy (non-hydrogen) atoms. The van der Waals surface area contributed by atoms with Crippen molar-refractivity contribution in [2.45, 2.75) is 6.92 Å². The van der Waals surface area contributed by atoms with Crippen LogP contribution in [0.15, 0.2) is 30.5 Å². The molecule has 0 bridgehead atoms. The van der Waals surface area contributed by atoms with Gasteiger partial charge >= 0.3 is 0 Å². The fraction of sp³-hybridized carbons (Fsp3) is 0.385. The van der Waals surface area contributed by atoms with Crippen molar-refractivity contribution in [1.29, 1.82) is 0 Å². The highest BCUT2D eigenvalue weighted by molar-refractivity contribution is 5.92. The number of aromatic nitrogens is 1. The van der Waals surface area contributed by atoms with Gasteiger partial charge in [-0.15, -0.1) is 0 Å². The zero-order valence-electron chi connectivity index (χ0n) is 9.90. The molecule has 3 N–H and O–H groups in total. The van der Waals surface area contributed by atoms with Gasteiger partial charge in [-0.1, -0.05) is 25.1 Å². The monoisotopic (exact) mass is 217 g/mol. The molecule has 0 aliphatic carbocycles. The van der Waals surface area contributed by atoms with Gasteiger partial charge < -0.3 is 15.6 Å². The molecule has 1 atom stereocenters. The molecule has 1 aromatic heterocycles. The molecule has 3 nitrogen and oxygen atoms in total. The topological polar surface area (TPSA) is 45.0 Å². The Hall–Kier alpha value is -1.48. The first-order valence-corrected chi connectivity index (χ1v) is 5.69. The molecule has 0 saturated heterocycles. The van der Waals surface area contributed by atoms with E-state index in [4.69, 9.17) is 5.73 Å². The Morgan fingerprint density at radius 1 is 1.38 bits per heavy atom. The maximum Gasteiger partial charge on any atom is 0.0621 e. The highest BCUT2D eigenvalue weighted by Gasteiger charge is 2.09. The number of aromatic amines is 1. The van der Waals surface area contributed by atoms with Crippen LogP contribution in [0.3, 0.4) is 0 Å². The van der Waals surface area contributed by atoms with Crippen LogP contribution >= 0.6 is 0 Å². The van der Waals surface area contributed by atoms with Crippen molar-refractivity contribution in [1.82, 2.24) is 4.98 Å². The first-order chi connectivity index (χ1) is 7.72. The lowest BCUT2D eigenvalue weighted by Gasteiger charge is -2.21. The Bertz CT molecular complexity index is 461. The number of fused-ring (bicyclic) bond motifs is 1. The summed E-state index contributed by atoms with van der Waals surface area (Å²) in [4.78, 5) is 5.55. The fourth-order valence-electron chi connectivity index (χ4n) is 2.01. The molecule has 86 valence electrons. The molecular weight excluding hydrogens is 198 g/mol. The van der Waals surface area contributed by atoms with Crippen molar-refractivity contribution >= 4 is 16.6 Å². The Morgan fingerprint density at radius 2 is 2.12 bits per heavy atom. The maximum atomic E-state index is 5.65. The van der Waals surface area contributed by atoms with Gasteiger partial charge in [-0.2, -0.15) is 0 Å². The van der Waals surface area contributed by atoms with Gasteiger partial charge in [0, 0.05) is 30.7 Å². The summed E-state index contributed by atoms with van der Waals surface area (Å²) in [7, 11) is 2.11.